The van der Waals surface area contributed by atoms with Crippen molar-refractivity contribution in [3.8, 4) is 0 Å². The molecule has 1 amide bonds. The molecule has 2 aromatic heterocycles. The highest BCUT2D eigenvalue weighted by atomic mass is 32.1. The first-order valence-corrected chi connectivity index (χ1v) is 7.84. The molecule has 0 atom stereocenters. The SMILES string of the molecule is CCCNc1cc(C(=O)N(C)Cc2csc(C)n2)ccn1. The minimum atomic E-state index is -0.0254. The summed E-state index contributed by atoms with van der Waals surface area (Å²) in [5, 5.41) is 6.19. The van der Waals surface area contributed by atoms with E-state index in [9.17, 15) is 4.79 Å². The average molecular weight is 304 g/mol. The molecule has 0 aliphatic carbocycles. The number of nitrogens with one attached hydrogen (secondary N) is 1. The van der Waals surface area contributed by atoms with E-state index >= 15 is 0 Å². The smallest absolute Gasteiger partial charge is 0.254 e. The Morgan fingerprint density at radius 2 is 2.29 bits per heavy atom. The van der Waals surface area contributed by atoms with Gasteiger partial charge < -0.3 is 10.2 Å². The summed E-state index contributed by atoms with van der Waals surface area (Å²) in [6.45, 7) is 5.41. The molecular weight excluding hydrogens is 284 g/mol. The summed E-state index contributed by atoms with van der Waals surface area (Å²) in [6.07, 6.45) is 2.68. The van der Waals surface area contributed by atoms with Gasteiger partial charge in [-0.15, -0.1) is 11.3 Å². The lowest BCUT2D eigenvalue weighted by atomic mass is 10.2. The molecule has 0 bridgehead atoms. The largest absolute Gasteiger partial charge is 0.370 e. The van der Waals surface area contributed by atoms with Gasteiger partial charge in [-0.3, -0.25) is 4.79 Å². The summed E-state index contributed by atoms with van der Waals surface area (Å²) in [6, 6.07) is 3.53. The molecule has 0 saturated carbocycles. The van der Waals surface area contributed by atoms with E-state index in [0.717, 1.165) is 29.5 Å². The summed E-state index contributed by atoms with van der Waals surface area (Å²) < 4.78 is 0. The summed E-state index contributed by atoms with van der Waals surface area (Å²) >= 11 is 1.60. The van der Waals surface area contributed by atoms with Gasteiger partial charge in [0.05, 0.1) is 17.2 Å². The molecule has 0 spiro atoms. The first-order valence-electron chi connectivity index (χ1n) is 6.96. The number of aryl methyl sites for hydroxylation is 1. The van der Waals surface area contributed by atoms with Crippen LogP contribution in [-0.2, 0) is 6.54 Å². The van der Waals surface area contributed by atoms with Gasteiger partial charge in [0.1, 0.15) is 5.82 Å². The number of thiazole rings is 1. The number of rotatable bonds is 6. The Bertz CT molecular complexity index is 611. The number of hydrogen-bond donors (Lipinski definition) is 1. The topological polar surface area (TPSA) is 58.1 Å². The van der Waals surface area contributed by atoms with E-state index < -0.39 is 0 Å². The van der Waals surface area contributed by atoms with Gasteiger partial charge in [0.2, 0.25) is 0 Å². The van der Waals surface area contributed by atoms with Crippen molar-refractivity contribution in [2.75, 3.05) is 18.9 Å². The minimum Gasteiger partial charge on any atom is -0.370 e. The summed E-state index contributed by atoms with van der Waals surface area (Å²) in [4.78, 5) is 22.7. The van der Waals surface area contributed by atoms with E-state index in [0.29, 0.717) is 12.1 Å². The van der Waals surface area contributed by atoms with Crippen LogP contribution in [0.4, 0.5) is 5.82 Å². The Balaban J connectivity index is 2.04. The molecule has 6 heteroatoms. The van der Waals surface area contributed by atoms with Crippen molar-refractivity contribution in [2.24, 2.45) is 0 Å². The van der Waals surface area contributed by atoms with Gasteiger partial charge in [-0.2, -0.15) is 0 Å². The van der Waals surface area contributed by atoms with Crippen molar-refractivity contribution < 1.29 is 4.79 Å². The quantitative estimate of drug-likeness (QED) is 0.891. The standard InChI is InChI=1S/C15H20N4OS/c1-4-6-16-14-8-12(5-7-17-14)15(20)19(3)9-13-10-21-11(2)18-13/h5,7-8,10H,4,6,9H2,1-3H3,(H,16,17). The molecule has 0 saturated heterocycles. The van der Waals surface area contributed by atoms with Crippen molar-refractivity contribution >= 4 is 23.1 Å². The zero-order chi connectivity index (χ0) is 15.2. The van der Waals surface area contributed by atoms with Crippen molar-refractivity contribution in [3.05, 3.63) is 40.0 Å². The third-order valence-corrected chi connectivity index (χ3v) is 3.80. The van der Waals surface area contributed by atoms with Gasteiger partial charge in [0.15, 0.2) is 0 Å². The summed E-state index contributed by atoms with van der Waals surface area (Å²) in [7, 11) is 1.79. The predicted molar refractivity (Wildman–Crippen MR) is 85.7 cm³/mol. The number of carbonyl (C=O) groups excluding carboxylic acids is 1. The molecule has 5 nitrogen and oxygen atoms in total. The minimum absolute atomic E-state index is 0.0254. The maximum Gasteiger partial charge on any atom is 0.254 e. The van der Waals surface area contributed by atoms with E-state index in [1.54, 1.807) is 41.6 Å². The second kappa shape index (κ2) is 7.17. The monoisotopic (exact) mass is 304 g/mol. The third-order valence-electron chi connectivity index (χ3n) is 2.98. The fourth-order valence-electron chi connectivity index (χ4n) is 1.93. The molecular formula is C15H20N4OS. The van der Waals surface area contributed by atoms with Gasteiger partial charge in [0, 0.05) is 30.7 Å². The number of amides is 1. The predicted octanol–water partition coefficient (Wildman–Crippen LogP) is 2.94. The van der Waals surface area contributed by atoms with E-state index in [1.807, 2.05) is 12.3 Å². The molecule has 2 aromatic rings. The van der Waals surface area contributed by atoms with Crippen LogP contribution in [0, 0.1) is 6.92 Å². The number of anilines is 1. The van der Waals surface area contributed by atoms with Crippen molar-refractivity contribution in [2.45, 2.75) is 26.8 Å². The van der Waals surface area contributed by atoms with Gasteiger partial charge in [-0.25, -0.2) is 9.97 Å². The molecule has 0 fully saturated rings. The second-order valence-electron chi connectivity index (χ2n) is 4.88. The van der Waals surface area contributed by atoms with Crippen LogP contribution in [-0.4, -0.2) is 34.4 Å². The maximum atomic E-state index is 12.4. The average Bonchev–Trinajstić information content (AvgIpc) is 2.89. The molecule has 0 aliphatic heterocycles. The molecule has 0 aliphatic rings. The van der Waals surface area contributed by atoms with Crippen molar-refractivity contribution in [1.82, 2.24) is 14.9 Å². The van der Waals surface area contributed by atoms with Gasteiger partial charge in [0.25, 0.3) is 5.91 Å². The second-order valence-corrected chi connectivity index (χ2v) is 5.94. The lowest BCUT2D eigenvalue weighted by Crippen LogP contribution is -2.26. The number of hydrogen-bond acceptors (Lipinski definition) is 5. The fourth-order valence-corrected chi connectivity index (χ4v) is 2.53. The molecule has 2 rings (SSSR count). The van der Waals surface area contributed by atoms with Gasteiger partial charge >= 0.3 is 0 Å². The number of aromatic nitrogens is 2. The fraction of sp³-hybridized carbons (Fsp3) is 0.400. The Morgan fingerprint density at radius 3 is 2.95 bits per heavy atom. The zero-order valence-electron chi connectivity index (χ0n) is 12.6. The van der Waals surface area contributed by atoms with Gasteiger partial charge in [-0.1, -0.05) is 6.92 Å². The highest BCUT2D eigenvalue weighted by molar-refractivity contribution is 7.09. The van der Waals surface area contributed by atoms with Crippen molar-refractivity contribution in [1.29, 1.82) is 0 Å². The van der Waals surface area contributed by atoms with Gasteiger partial charge in [-0.05, 0) is 25.5 Å². The first kappa shape index (κ1) is 15.4. The number of pyridine rings is 1. The van der Waals surface area contributed by atoms with Crippen LogP contribution in [0.25, 0.3) is 0 Å². The molecule has 2 heterocycles. The van der Waals surface area contributed by atoms with Crippen LogP contribution in [0.3, 0.4) is 0 Å². The Morgan fingerprint density at radius 1 is 1.48 bits per heavy atom. The molecule has 0 aromatic carbocycles. The Kier molecular flexibility index (Phi) is 5.27. The summed E-state index contributed by atoms with van der Waals surface area (Å²) in [5.74, 6) is 0.711. The van der Waals surface area contributed by atoms with E-state index in [-0.39, 0.29) is 5.91 Å². The third kappa shape index (κ3) is 4.26. The maximum absolute atomic E-state index is 12.4. The van der Waals surface area contributed by atoms with Crippen LogP contribution >= 0.6 is 11.3 Å². The number of carbonyl (C=O) groups is 1. The van der Waals surface area contributed by atoms with Crippen LogP contribution in [0.5, 0.6) is 0 Å². The molecule has 112 valence electrons. The zero-order valence-corrected chi connectivity index (χ0v) is 13.4. The highest BCUT2D eigenvalue weighted by Gasteiger charge is 2.14. The normalized spacial score (nSPS) is 10.4. The molecule has 0 unspecified atom stereocenters. The summed E-state index contributed by atoms with van der Waals surface area (Å²) in [5.41, 5.74) is 1.56. The van der Waals surface area contributed by atoms with Crippen LogP contribution in [0.2, 0.25) is 0 Å². The number of nitrogens with zero attached hydrogens (tertiary/aromatic N) is 3. The molecule has 21 heavy (non-hydrogen) atoms. The lowest BCUT2D eigenvalue weighted by Gasteiger charge is -2.16. The molecule has 1 N–H and O–H groups in total. The first-order chi connectivity index (χ1) is 10.1. The van der Waals surface area contributed by atoms with Crippen LogP contribution < -0.4 is 5.32 Å². The van der Waals surface area contributed by atoms with E-state index in [1.165, 1.54) is 0 Å². The molecule has 0 radical (unpaired) electrons. The van der Waals surface area contributed by atoms with Crippen LogP contribution in [0.15, 0.2) is 23.7 Å². The van der Waals surface area contributed by atoms with E-state index in [4.69, 9.17) is 0 Å². The lowest BCUT2D eigenvalue weighted by molar-refractivity contribution is 0.0783. The Labute approximate surface area is 129 Å². The van der Waals surface area contributed by atoms with Crippen molar-refractivity contribution in [3.63, 3.8) is 0 Å². The highest BCUT2D eigenvalue weighted by Crippen LogP contribution is 2.13. The van der Waals surface area contributed by atoms with E-state index in [2.05, 4.69) is 22.2 Å². The van der Waals surface area contributed by atoms with Crippen LogP contribution in [0.1, 0.15) is 34.4 Å². The Hall–Kier alpha value is -1.95.